The van der Waals surface area contributed by atoms with E-state index in [0.29, 0.717) is 0 Å². The number of likely N-dealkylation sites (N-methyl/N-ethyl adjacent to an activating group) is 1. The highest BCUT2D eigenvalue weighted by atomic mass is 16.6. The molecule has 0 radical (unpaired) electrons. The Kier molecular flexibility index (Phi) is 6.48. The van der Waals surface area contributed by atoms with Crippen LogP contribution in [0.25, 0.3) is 0 Å². The van der Waals surface area contributed by atoms with Crippen LogP contribution < -0.4 is 0 Å². The van der Waals surface area contributed by atoms with Gasteiger partial charge in [-0.2, -0.15) is 0 Å². The van der Waals surface area contributed by atoms with Crippen molar-refractivity contribution in [2.24, 2.45) is 11.8 Å². The van der Waals surface area contributed by atoms with Gasteiger partial charge >= 0.3 is 5.97 Å². The van der Waals surface area contributed by atoms with Gasteiger partial charge in [0.1, 0.15) is 30.5 Å². The second-order valence-corrected chi connectivity index (χ2v) is 9.81. The standard InChI is InChI=1S/C22H35NO8/c1-11-5-4-8-22(2)19(31-22)18-12(7-6-11)13(20(27)30-18)9-23(3)15-17(26)16(25)14(10-24)29-21(15)28/h5,12-19,21,24-26,28H,4,6-10H2,1-3H3/b11-5+/t12-,13-,14+,15+,16+,17+,18-,19-,21+,22+/m0/s1. The summed E-state index contributed by atoms with van der Waals surface area (Å²) < 4.78 is 17.1. The van der Waals surface area contributed by atoms with Gasteiger partial charge in [-0.05, 0) is 46.6 Å². The fourth-order valence-electron chi connectivity index (χ4n) is 5.54. The summed E-state index contributed by atoms with van der Waals surface area (Å²) in [6.07, 6.45) is 0.195. The lowest BCUT2D eigenvalue weighted by Crippen LogP contribution is -2.64. The van der Waals surface area contributed by atoms with Crippen LogP contribution in [0.5, 0.6) is 0 Å². The number of epoxide rings is 1. The van der Waals surface area contributed by atoms with Crippen molar-refractivity contribution in [1.82, 2.24) is 4.90 Å². The van der Waals surface area contributed by atoms with Gasteiger partial charge in [0.25, 0.3) is 0 Å². The Balaban J connectivity index is 1.50. The lowest BCUT2D eigenvalue weighted by molar-refractivity contribution is -0.271. The first-order chi connectivity index (χ1) is 14.7. The minimum Gasteiger partial charge on any atom is -0.459 e. The van der Waals surface area contributed by atoms with Crippen molar-refractivity contribution in [2.75, 3.05) is 20.2 Å². The molecule has 0 unspecified atom stereocenters. The molecule has 3 fully saturated rings. The monoisotopic (exact) mass is 441 g/mol. The van der Waals surface area contributed by atoms with Crippen molar-refractivity contribution < 1.29 is 39.4 Å². The molecule has 0 spiro atoms. The highest BCUT2D eigenvalue weighted by Gasteiger charge is 2.63. The number of ether oxygens (including phenoxy) is 3. The van der Waals surface area contributed by atoms with Crippen LogP contribution >= 0.6 is 0 Å². The Bertz CT molecular complexity index is 716. The Morgan fingerprint density at radius 1 is 1.26 bits per heavy atom. The van der Waals surface area contributed by atoms with Gasteiger partial charge in [-0.25, -0.2) is 0 Å². The number of carbonyl (C=O) groups excluding carboxylic acids is 1. The van der Waals surface area contributed by atoms with Crippen LogP contribution in [0.15, 0.2) is 11.6 Å². The van der Waals surface area contributed by atoms with Crippen molar-refractivity contribution >= 4 is 5.97 Å². The minimum absolute atomic E-state index is 0.0443. The molecule has 1 aliphatic carbocycles. The van der Waals surface area contributed by atoms with E-state index in [0.717, 1.165) is 25.7 Å². The lowest BCUT2D eigenvalue weighted by atomic mass is 9.80. The molecule has 176 valence electrons. The molecule has 4 rings (SSSR count). The van der Waals surface area contributed by atoms with Gasteiger partial charge < -0.3 is 34.6 Å². The third-order valence-electron chi connectivity index (χ3n) is 7.60. The number of hydrogen-bond donors (Lipinski definition) is 4. The Morgan fingerprint density at radius 3 is 2.71 bits per heavy atom. The van der Waals surface area contributed by atoms with Gasteiger partial charge in [-0.15, -0.1) is 0 Å². The van der Waals surface area contributed by atoms with Crippen molar-refractivity contribution in [2.45, 2.75) is 88.0 Å². The average molecular weight is 442 g/mol. The second kappa shape index (κ2) is 8.70. The zero-order valence-corrected chi connectivity index (χ0v) is 18.4. The number of esters is 1. The molecule has 9 heteroatoms. The highest BCUT2D eigenvalue weighted by Crippen LogP contribution is 2.50. The summed E-state index contributed by atoms with van der Waals surface area (Å²) in [4.78, 5) is 14.5. The van der Waals surface area contributed by atoms with Gasteiger partial charge in [0.2, 0.25) is 0 Å². The van der Waals surface area contributed by atoms with E-state index in [2.05, 4.69) is 19.9 Å². The quantitative estimate of drug-likeness (QED) is 0.260. The molecule has 0 aromatic carbocycles. The van der Waals surface area contributed by atoms with E-state index in [1.54, 1.807) is 11.9 Å². The molecule has 9 nitrogen and oxygen atoms in total. The lowest BCUT2D eigenvalue weighted by Gasteiger charge is -2.44. The van der Waals surface area contributed by atoms with Crippen LogP contribution in [0.2, 0.25) is 0 Å². The number of hydrogen-bond acceptors (Lipinski definition) is 9. The summed E-state index contributed by atoms with van der Waals surface area (Å²) in [6.45, 7) is 3.90. The van der Waals surface area contributed by atoms with Crippen molar-refractivity contribution in [3.63, 3.8) is 0 Å². The number of carbonyl (C=O) groups is 1. The fraction of sp³-hybridized carbons (Fsp3) is 0.864. The highest BCUT2D eigenvalue weighted by molar-refractivity contribution is 5.76. The van der Waals surface area contributed by atoms with Gasteiger partial charge in [0, 0.05) is 12.5 Å². The molecule has 4 aliphatic rings. The molecule has 0 amide bonds. The number of fused-ring (bicyclic) bond motifs is 3. The molecule has 0 bridgehead atoms. The van der Waals surface area contributed by atoms with E-state index in [1.165, 1.54) is 5.57 Å². The Hall–Kier alpha value is -1.07. The fourth-order valence-corrected chi connectivity index (χ4v) is 5.54. The van der Waals surface area contributed by atoms with Gasteiger partial charge in [0.15, 0.2) is 6.29 Å². The molecule has 4 N–H and O–H groups in total. The molecular formula is C22H35NO8. The Morgan fingerprint density at radius 2 is 2.00 bits per heavy atom. The van der Waals surface area contributed by atoms with Crippen LogP contribution in [0.3, 0.4) is 0 Å². The van der Waals surface area contributed by atoms with Crippen LogP contribution in [0, 0.1) is 11.8 Å². The number of aliphatic hydroxyl groups excluding tert-OH is 4. The van der Waals surface area contributed by atoms with Gasteiger partial charge in [0.05, 0.1) is 24.2 Å². The van der Waals surface area contributed by atoms with Gasteiger partial charge in [-0.3, -0.25) is 9.69 Å². The first-order valence-corrected chi connectivity index (χ1v) is 11.2. The van der Waals surface area contributed by atoms with E-state index in [9.17, 15) is 25.2 Å². The third-order valence-corrected chi connectivity index (χ3v) is 7.60. The van der Waals surface area contributed by atoms with Crippen LogP contribution in [-0.2, 0) is 19.0 Å². The van der Waals surface area contributed by atoms with Crippen LogP contribution in [0.1, 0.15) is 39.5 Å². The molecule has 0 aromatic heterocycles. The maximum Gasteiger partial charge on any atom is 0.311 e. The zero-order chi connectivity index (χ0) is 22.5. The largest absolute Gasteiger partial charge is 0.459 e. The summed E-state index contributed by atoms with van der Waals surface area (Å²) in [5.41, 5.74) is 1.02. The SMILES string of the molecule is C/C1=C\CC[C@@]2(C)O[C@H]2[C@H]2OC(=O)[C@@H](CN(C)[C@@H]3[C@@H](O)[C@H](O)[C@@H](CO)O[C@H]3O)[C@@H]2CC1. The maximum absolute atomic E-state index is 12.9. The first kappa shape index (κ1) is 23.1. The topological polar surface area (TPSA) is 132 Å². The van der Waals surface area contributed by atoms with E-state index in [1.807, 2.05) is 0 Å². The number of rotatable bonds is 4. The number of nitrogens with zero attached hydrogens (tertiary/aromatic N) is 1. The van der Waals surface area contributed by atoms with Crippen molar-refractivity contribution in [1.29, 1.82) is 0 Å². The smallest absolute Gasteiger partial charge is 0.311 e. The summed E-state index contributed by atoms with van der Waals surface area (Å²) >= 11 is 0. The van der Waals surface area contributed by atoms with E-state index in [4.69, 9.17) is 14.2 Å². The summed E-state index contributed by atoms with van der Waals surface area (Å²) in [7, 11) is 1.68. The summed E-state index contributed by atoms with van der Waals surface area (Å²) in [6, 6.07) is -0.937. The predicted molar refractivity (Wildman–Crippen MR) is 109 cm³/mol. The molecule has 0 aromatic rings. The molecule has 10 atom stereocenters. The number of allylic oxidation sites excluding steroid dienone is 2. The average Bonchev–Trinajstić information content (AvgIpc) is 3.29. The molecular weight excluding hydrogens is 406 g/mol. The maximum atomic E-state index is 12.9. The van der Waals surface area contributed by atoms with E-state index >= 15 is 0 Å². The summed E-state index contributed by atoms with van der Waals surface area (Å²) in [5, 5.41) is 40.4. The number of aliphatic hydroxyl groups is 4. The molecule has 3 saturated heterocycles. The Labute approximate surface area is 182 Å². The van der Waals surface area contributed by atoms with Crippen LogP contribution in [-0.4, -0.2) is 99.9 Å². The third kappa shape index (κ3) is 4.29. The van der Waals surface area contributed by atoms with E-state index < -0.39 is 43.2 Å². The molecule has 31 heavy (non-hydrogen) atoms. The van der Waals surface area contributed by atoms with Crippen LogP contribution in [0.4, 0.5) is 0 Å². The second-order valence-electron chi connectivity index (χ2n) is 9.81. The first-order valence-electron chi connectivity index (χ1n) is 11.2. The summed E-state index contributed by atoms with van der Waals surface area (Å²) in [5.74, 6) is -0.782. The zero-order valence-electron chi connectivity index (χ0n) is 18.4. The predicted octanol–water partition coefficient (Wildman–Crippen LogP) is -0.446. The normalized spacial score (nSPS) is 49.6. The molecule has 3 heterocycles. The minimum atomic E-state index is -1.40. The van der Waals surface area contributed by atoms with Gasteiger partial charge in [-0.1, -0.05) is 11.6 Å². The van der Waals surface area contributed by atoms with Crippen molar-refractivity contribution in [3.8, 4) is 0 Å². The molecule has 0 saturated carbocycles. The molecule has 3 aliphatic heterocycles. The van der Waals surface area contributed by atoms with E-state index in [-0.39, 0.29) is 36.2 Å². The van der Waals surface area contributed by atoms with Crippen molar-refractivity contribution in [3.05, 3.63) is 11.6 Å².